The van der Waals surface area contributed by atoms with Crippen molar-refractivity contribution in [1.82, 2.24) is 0 Å². The van der Waals surface area contributed by atoms with Crippen LogP contribution in [0.4, 0.5) is 0 Å². The normalized spacial score (nSPS) is 17.5. The maximum atomic E-state index is 12.4. The van der Waals surface area contributed by atoms with E-state index in [-0.39, 0.29) is 11.9 Å². The number of epoxide rings is 1. The standard InChI is InChI=1S/C15H11BrO2/c16-11-7-5-10(6-8-11)15(17)13-4-2-1-3-12(13)14-9-18-14/h1-8,14H,9H2. The zero-order chi connectivity index (χ0) is 12.5. The van der Waals surface area contributed by atoms with E-state index >= 15 is 0 Å². The summed E-state index contributed by atoms with van der Waals surface area (Å²) in [5.74, 6) is 0.0496. The Morgan fingerprint density at radius 3 is 2.44 bits per heavy atom. The van der Waals surface area contributed by atoms with Crippen LogP contribution in [0.15, 0.2) is 53.0 Å². The molecule has 3 rings (SSSR count). The van der Waals surface area contributed by atoms with Gasteiger partial charge in [0.15, 0.2) is 5.78 Å². The van der Waals surface area contributed by atoms with Crippen molar-refractivity contribution in [3.05, 3.63) is 69.7 Å². The molecule has 2 nitrogen and oxygen atoms in total. The fraction of sp³-hybridized carbons (Fsp3) is 0.133. The molecule has 0 bridgehead atoms. The van der Waals surface area contributed by atoms with E-state index in [0.29, 0.717) is 12.2 Å². The van der Waals surface area contributed by atoms with Gasteiger partial charge in [-0.2, -0.15) is 0 Å². The largest absolute Gasteiger partial charge is 0.368 e. The first-order chi connectivity index (χ1) is 8.75. The molecular formula is C15H11BrO2. The Kier molecular flexibility index (Phi) is 3.02. The summed E-state index contributed by atoms with van der Waals surface area (Å²) in [4.78, 5) is 12.4. The predicted octanol–water partition coefficient (Wildman–Crippen LogP) is 3.75. The summed E-state index contributed by atoms with van der Waals surface area (Å²) in [5, 5.41) is 0. The van der Waals surface area contributed by atoms with E-state index in [1.165, 1.54) is 0 Å². The molecule has 0 radical (unpaired) electrons. The number of ketones is 1. The van der Waals surface area contributed by atoms with Crippen LogP contribution in [-0.4, -0.2) is 12.4 Å². The molecule has 2 aromatic carbocycles. The smallest absolute Gasteiger partial charge is 0.193 e. The molecule has 1 saturated heterocycles. The summed E-state index contributed by atoms with van der Waals surface area (Å²) in [5.41, 5.74) is 2.43. The summed E-state index contributed by atoms with van der Waals surface area (Å²) in [6.45, 7) is 0.713. The molecule has 1 unspecified atom stereocenters. The monoisotopic (exact) mass is 302 g/mol. The molecule has 1 aliphatic rings. The second-order valence-electron chi connectivity index (χ2n) is 4.25. The third-order valence-electron chi connectivity index (χ3n) is 2.99. The Hall–Kier alpha value is -1.45. The molecule has 0 spiro atoms. The van der Waals surface area contributed by atoms with E-state index in [9.17, 15) is 4.79 Å². The number of ether oxygens (including phenoxy) is 1. The zero-order valence-electron chi connectivity index (χ0n) is 9.60. The van der Waals surface area contributed by atoms with Gasteiger partial charge in [0.1, 0.15) is 6.10 Å². The highest BCUT2D eigenvalue weighted by atomic mass is 79.9. The minimum atomic E-state index is 0.0496. The van der Waals surface area contributed by atoms with Crippen LogP contribution in [0.5, 0.6) is 0 Å². The molecule has 0 aromatic heterocycles. The summed E-state index contributed by atoms with van der Waals surface area (Å²) < 4.78 is 6.25. The van der Waals surface area contributed by atoms with Crippen LogP contribution in [0.1, 0.15) is 27.6 Å². The number of carbonyl (C=O) groups is 1. The van der Waals surface area contributed by atoms with Crippen molar-refractivity contribution in [2.24, 2.45) is 0 Å². The number of carbonyl (C=O) groups excluding carboxylic acids is 1. The molecular weight excluding hydrogens is 292 g/mol. The molecule has 18 heavy (non-hydrogen) atoms. The summed E-state index contributed by atoms with van der Waals surface area (Å²) in [6.07, 6.45) is 0.0978. The van der Waals surface area contributed by atoms with Gasteiger partial charge in [-0.1, -0.05) is 40.2 Å². The van der Waals surface area contributed by atoms with Crippen molar-refractivity contribution in [3.8, 4) is 0 Å². The highest BCUT2D eigenvalue weighted by Gasteiger charge is 2.29. The van der Waals surface area contributed by atoms with Gasteiger partial charge in [-0.25, -0.2) is 0 Å². The molecule has 90 valence electrons. The molecule has 1 atom stereocenters. The molecule has 0 N–H and O–H groups in total. The minimum absolute atomic E-state index is 0.0496. The average molecular weight is 303 g/mol. The number of halogens is 1. The Bertz CT molecular complexity index is 586. The second-order valence-corrected chi connectivity index (χ2v) is 5.16. The first kappa shape index (κ1) is 11.6. The molecule has 1 fully saturated rings. The lowest BCUT2D eigenvalue weighted by Crippen LogP contribution is -2.04. The van der Waals surface area contributed by atoms with Crippen molar-refractivity contribution in [2.75, 3.05) is 6.61 Å². The van der Waals surface area contributed by atoms with Crippen LogP contribution in [0.25, 0.3) is 0 Å². The van der Waals surface area contributed by atoms with Crippen molar-refractivity contribution in [2.45, 2.75) is 6.10 Å². The van der Waals surface area contributed by atoms with E-state index in [1.807, 2.05) is 48.5 Å². The van der Waals surface area contributed by atoms with Gasteiger partial charge < -0.3 is 4.74 Å². The Balaban J connectivity index is 1.99. The lowest BCUT2D eigenvalue weighted by molar-refractivity contribution is 0.103. The van der Waals surface area contributed by atoms with Gasteiger partial charge in [0.2, 0.25) is 0 Å². The van der Waals surface area contributed by atoms with Crippen LogP contribution >= 0.6 is 15.9 Å². The number of hydrogen-bond acceptors (Lipinski definition) is 2. The Morgan fingerprint density at radius 2 is 1.78 bits per heavy atom. The van der Waals surface area contributed by atoms with E-state index < -0.39 is 0 Å². The summed E-state index contributed by atoms with van der Waals surface area (Å²) >= 11 is 3.37. The minimum Gasteiger partial charge on any atom is -0.368 e. The third kappa shape index (κ3) is 2.24. The lowest BCUT2D eigenvalue weighted by Gasteiger charge is -2.06. The number of benzene rings is 2. The molecule has 0 saturated carbocycles. The zero-order valence-corrected chi connectivity index (χ0v) is 11.2. The molecule has 1 heterocycles. The van der Waals surface area contributed by atoms with Crippen LogP contribution in [0, 0.1) is 0 Å². The van der Waals surface area contributed by atoms with Gasteiger partial charge in [0, 0.05) is 15.6 Å². The quantitative estimate of drug-likeness (QED) is 0.638. The van der Waals surface area contributed by atoms with Crippen LogP contribution in [-0.2, 0) is 4.74 Å². The molecule has 2 aromatic rings. The SMILES string of the molecule is O=C(c1ccc(Br)cc1)c1ccccc1C1CO1. The van der Waals surface area contributed by atoms with Gasteiger partial charge in [0.25, 0.3) is 0 Å². The maximum Gasteiger partial charge on any atom is 0.193 e. The average Bonchev–Trinajstić information content (AvgIpc) is 3.23. The van der Waals surface area contributed by atoms with Gasteiger partial charge in [0.05, 0.1) is 6.61 Å². The highest BCUT2D eigenvalue weighted by Crippen LogP contribution is 2.33. The van der Waals surface area contributed by atoms with E-state index in [0.717, 1.165) is 15.6 Å². The van der Waals surface area contributed by atoms with E-state index in [4.69, 9.17) is 4.74 Å². The predicted molar refractivity (Wildman–Crippen MR) is 72.7 cm³/mol. The highest BCUT2D eigenvalue weighted by molar-refractivity contribution is 9.10. The van der Waals surface area contributed by atoms with Crippen molar-refractivity contribution in [3.63, 3.8) is 0 Å². The van der Waals surface area contributed by atoms with Gasteiger partial charge in [-0.3, -0.25) is 4.79 Å². The summed E-state index contributed by atoms with van der Waals surface area (Å²) in [7, 11) is 0. The van der Waals surface area contributed by atoms with Crippen molar-refractivity contribution in [1.29, 1.82) is 0 Å². The number of hydrogen-bond donors (Lipinski definition) is 0. The topological polar surface area (TPSA) is 29.6 Å². The first-order valence-electron chi connectivity index (χ1n) is 5.76. The van der Waals surface area contributed by atoms with Crippen molar-refractivity contribution < 1.29 is 9.53 Å². The van der Waals surface area contributed by atoms with Gasteiger partial charge in [-0.15, -0.1) is 0 Å². The van der Waals surface area contributed by atoms with E-state index in [2.05, 4.69) is 15.9 Å². The lowest BCUT2D eigenvalue weighted by atomic mass is 9.97. The number of rotatable bonds is 3. The molecule has 0 amide bonds. The molecule has 1 aliphatic heterocycles. The van der Waals surface area contributed by atoms with Crippen LogP contribution in [0.3, 0.4) is 0 Å². The third-order valence-corrected chi connectivity index (χ3v) is 3.52. The molecule has 3 heteroatoms. The van der Waals surface area contributed by atoms with Gasteiger partial charge >= 0.3 is 0 Å². The first-order valence-corrected chi connectivity index (χ1v) is 6.56. The fourth-order valence-corrected chi connectivity index (χ4v) is 2.23. The van der Waals surface area contributed by atoms with Crippen molar-refractivity contribution >= 4 is 21.7 Å². The molecule has 0 aliphatic carbocycles. The van der Waals surface area contributed by atoms with E-state index in [1.54, 1.807) is 0 Å². The van der Waals surface area contributed by atoms with Gasteiger partial charge in [-0.05, 0) is 29.8 Å². The second kappa shape index (κ2) is 4.67. The van der Waals surface area contributed by atoms with Crippen LogP contribution < -0.4 is 0 Å². The summed E-state index contributed by atoms with van der Waals surface area (Å²) in [6, 6.07) is 15.1. The Morgan fingerprint density at radius 1 is 1.11 bits per heavy atom. The van der Waals surface area contributed by atoms with Crippen LogP contribution in [0.2, 0.25) is 0 Å². The fourth-order valence-electron chi connectivity index (χ4n) is 1.97. The maximum absolute atomic E-state index is 12.4. The Labute approximate surface area is 114 Å².